The Morgan fingerprint density at radius 3 is 2.00 bits per heavy atom. The molecule has 1 fully saturated rings. The summed E-state index contributed by atoms with van der Waals surface area (Å²) in [6, 6.07) is 0. The van der Waals surface area contributed by atoms with E-state index in [1.165, 1.54) is 0 Å². The van der Waals surface area contributed by atoms with Gasteiger partial charge in [-0.2, -0.15) is 26.3 Å². The van der Waals surface area contributed by atoms with Gasteiger partial charge in [0.15, 0.2) is 5.79 Å². The average molecular weight is 362 g/mol. The molecule has 0 aromatic rings. The normalized spacial score (nSPS) is 30.0. The van der Waals surface area contributed by atoms with Crippen molar-refractivity contribution >= 4 is 0 Å². The molecule has 0 aliphatic heterocycles. The van der Waals surface area contributed by atoms with Crippen molar-refractivity contribution in [1.82, 2.24) is 0 Å². The first-order valence-corrected chi connectivity index (χ1v) is 7.54. The number of halogens is 6. The van der Waals surface area contributed by atoms with Gasteiger partial charge in [0.1, 0.15) is 0 Å². The number of rotatable bonds is 6. The van der Waals surface area contributed by atoms with E-state index >= 15 is 0 Å². The van der Waals surface area contributed by atoms with E-state index in [4.69, 9.17) is 9.47 Å². The third kappa shape index (κ3) is 3.57. The van der Waals surface area contributed by atoms with Gasteiger partial charge in [0.05, 0.1) is 6.61 Å². The van der Waals surface area contributed by atoms with Gasteiger partial charge in [-0.25, -0.2) is 0 Å². The highest BCUT2D eigenvalue weighted by Crippen LogP contribution is 2.49. The van der Waals surface area contributed by atoms with Gasteiger partial charge in [-0.15, -0.1) is 0 Å². The fourth-order valence-electron chi connectivity index (χ4n) is 3.38. The highest BCUT2D eigenvalue weighted by atomic mass is 19.4. The Morgan fingerprint density at radius 1 is 1.04 bits per heavy atom. The van der Waals surface area contributed by atoms with Crippen LogP contribution in [-0.2, 0) is 9.47 Å². The van der Waals surface area contributed by atoms with Gasteiger partial charge in [-0.1, -0.05) is 12.2 Å². The van der Waals surface area contributed by atoms with Crippen LogP contribution in [0, 0.1) is 17.8 Å². The zero-order valence-electron chi connectivity index (χ0n) is 13.2. The smallest absolute Gasteiger partial charge is 0.373 e. The predicted molar refractivity (Wildman–Crippen MR) is 71.9 cm³/mol. The monoisotopic (exact) mass is 362 g/mol. The molecule has 0 saturated heterocycles. The van der Waals surface area contributed by atoms with Crippen LogP contribution in [0.5, 0.6) is 0 Å². The Kier molecular flexibility index (Phi) is 5.02. The number of hydrogen-bond acceptors (Lipinski definition) is 3. The summed E-state index contributed by atoms with van der Waals surface area (Å²) in [7, 11) is 0.952. The number of hydrogen-bond donors (Lipinski definition) is 1. The van der Waals surface area contributed by atoms with Crippen LogP contribution in [0.25, 0.3) is 0 Å². The first kappa shape index (κ1) is 19.5. The summed E-state index contributed by atoms with van der Waals surface area (Å²) >= 11 is 0. The third-order valence-corrected chi connectivity index (χ3v) is 4.97. The number of ether oxygens (including phenoxy) is 2. The quantitative estimate of drug-likeness (QED) is 0.444. The van der Waals surface area contributed by atoms with Gasteiger partial charge in [0.2, 0.25) is 0 Å². The molecule has 3 nitrogen and oxygen atoms in total. The van der Waals surface area contributed by atoms with E-state index < -0.39 is 30.2 Å². The van der Waals surface area contributed by atoms with E-state index in [0.717, 1.165) is 26.9 Å². The molecule has 2 aliphatic carbocycles. The van der Waals surface area contributed by atoms with Gasteiger partial charge in [0, 0.05) is 13.5 Å². The Labute approximate surface area is 135 Å². The summed E-state index contributed by atoms with van der Waals surface area (Å²) in [5.74, 6) is -1.58. The van der Waals surface area contributed by atoms with E-state index in [0.29, 0.717) is 5.92 Å². The molecule has 0 heterocycles. The zero-order chi connectivity index (χ0) is 18.4. The minimum Gasteiger partial charge on any atom is -0.373 e. The molecule has 0 radical (unpaired) electrons. The highest BCUT2D eigenvalue weighted by Gasteiger charge is 2.72. The summed E-state index contributed by atoms with van der Waals surface area (Å²) in [6.45, 7) is 0.945. The molecule has 0 aromatic carbocycles. The van der Waals surface area contributed by atoms with E-state index in [2.05, 4.69) is 6.08 Å². The van der Waals surface area contributed by atoms with Crippen molar-refractivity contribution in [3.8, 4) is 0 Å². The fraction of sp³-hybridized carbons (Fsp3) is 0.867. The Bertz CT molecular complexity index is 473. The van der Waals surface area contributed by atoms with Crippen LogP contribution in [0.15, 0.2) is 12.2 Å². The van der Waals surface area contributed by atoms with Crippen molar-refractivity contribution in [2.24, 2.45) is 17.8 Å². The molecule has 0 aromatic heterocycles. The van der Waals surface area contributed by atoms with Crippen LogP contribution in [-0.4, -0.2) is 42.6 Å². The van der Waals surface area contributed by atoms with Crippen LogP contribution < -0.4 is 0 Å². The van der Waals surface area contributed by atoms with Crippen LogP contribution in [0.1, 0.15) is 26.2 Å². The van der Waals surface area contributed by atoms with Gasteiger partial charge < -0.3 is 14.6 Å². The molecule has 1 saturated carbocycles. The van der Waals surface area contributed by atoms with Gasteiger partial charge in [-0.05, 0) is 37.5 Å². The molecule has 24 heavy (non-hydrogen) atoms. The van der Waals surface area contributed by atoms with E-state index in [1.54, 1.807) is 0 Å². The summed E-state index contributed by atoms with van der Waals surface area (Å²) in [6.07, 6.45) is -7.83. The summed E-state index contributed by atoms with van der Waals surface area (Å²) in [4.78, 5) is 0. The van der Waals surface area contributed by atoms with Crippen LogP contribution in [0.2, 0.25) is 0 Å². The summed E-state index contributed by atoms with van der Waals surface area (Å²) < 4.78 is 87.1. The lowest BCUT2D eigenvalue weighted by atomic mass is 9.92. The van der Waals surface area contributed by atoms with Gasteiger partial charge in [-0.3, -0.25) is 0 Å². The molecule has 0 spiro atoms. The zero-order valence-corrected chi connectivity index (χ0v) is 13.2. The van der Waals surface area contributed by atoms with Crippen molar-refractivity contribution in [3.05, 3.63) is 12.2 Å². The maximum atomic E-state index is 12.8. The van der Waals surface area contributed by atoms with E-state index in [1.807, 2.05) is 6.08 Å². The average Bonchev–Trinajstić information content (AvgIpc) is 3.05. The topological polar surface area (TPSA) is 38.7 Å². The second-order valence-corrected chi connectivity index (χ2v) is 6.72. The lowest BCUT2D eigenvalue weighted by Crippen LogP contribution is -2.61. The molecular weight excluding hydrogens is 342 g/mol. The fourth-order valence-corrected chi connectivity index (χ4v) is 3.38. The molecule has 2 aliphatic rings. The van der Waals surface area contributed by atoms with Crippen LogP contribution in [0.4, 0.5) is 26.3 Å². The van der Waals surface area contributed by atoms with E-state index in [9.17, 15) is 31.4 Å². The molecular formula is C15H20F6O3. The summed E-state index contributed by atoms with van der Waals surface area (Å²) in [5, 5.41) is 9.33. The Hall–Kier alpha value is -0.800. The molecule has 4 atom stereocenters. The van der Waals surface area contributed by atoms with Crippen molar-refractivity contribution in [1.29, 1.82) is 0 Å². The standard InChI is InChI=1S/C15H20F6O3/c1-12(23-2,8-13(22,14(16,17)18)15(19,20)21)24-7-11-6-9-3-4-10(11)5-9/h3-4,9-11,22H,5-8H2,1-2H3. The third-order valence-electron chi connectivity index (χ3n) is 4.97. The maximum Gasteiger partial charge on any atom is 0.426 e. The van der Waals surface area contributed by atoms with Crippen molar-refractivity contribution in [3.63, 3.8) is 0 Å². The molecule has 2 rings (SSSR count). The first-order valence-electron chi connectivity index (χ1n) is 7.54. The van der Waals surface area contributed by atoms with Crippen LogP contribution in [0.3, 0.4) is 0 Å². The number of aliphatic hydroxyl groups is 1. The van der Waals surface area contributed by atoms with Crippen molar-refractivity contribution in [2.45, 2.75) is 49.9 Å². The minimum absolute atomic E-state index is 0.0261. The second kappa shape index (κ2) is 6.17. The molecule has 4 unspecified atom stereocenters. The Morgan fingerprint density at radius 2 is 1.62 bits per heavy atom. The van der Waals surface area contributed by atoms with Gasteiger partial charge >= 0.3 is 12.4 Å². The van der Waals surface area contributed by atoms with Gasteiger partial charge in [0.25, 0.3) is 5.60 Å². The minimum atomic E-state index is -5.90. The number of fused-ring (bicyclic) bond motifs is 2. The number of methoxy groups -OCH3 is 1. The summed E-state index contributed by atoms with van der Waals surface area (Å²) in [5.41, 5.74) is -4.90. The lowest BCUT2D eigenvalue weighted by molar-refractivity contribution is -0.392. The van der Waals surface area contributed by atoms with Crippen molar-refractivity contribution < 1.29 is 40.9 Å². The first-order chi connectivity index (χ1) is 10.8. The maximum absolute atomic E-state index is 12.8. The second-order valence-electron chi connectivity index (χ2n) is 6.72. The highest BCUT2D eigenvalue weighted by molar-refractivity contribution is 5.10. The lowest BCUT2D eigenvalue weighted by Gasteiger charge is -2.39. The van der Waals surface area contributed by atoms with Crippen LogP contribution >= 0.6 is 0 Å². The SMILES string of the molecule is COC(C)(CC(O)(C(F)(F)F)C(F)(F)F)OCC1CC2C=CC1C2. The molecule has 0 amide bonds. The largest absolute Gasteiger partial charge is 0.426 e. The van der Waals surface area contributed by atoms with Crippen molar-refractivity contribution in [2.75, 3.05) is 13.7 Å². The number of allylic oxidation sites excluding steroid dienone is 2. The molecule has 1 N–H and O–H groups in total. The number of alkyl halides is 6. The predicted octanol–water partition coefficient (Wildman–Crippen LogP) is 3.82. The Balaban J connectivity index is 2.09. The van der Waals surface area contributed by atoms with E-state index in [-0.39, 0.29) is 18.4 Å². The molecule has 2 bridgehead atoms. The molecule has 140 valence electrons. The molecule has 9 heteroatoms.